The number of rotatable bonds is 3. The van der Waals surface area contributed by atoms with E-state index < -0.39 is 0 Å². The minimum atomic E-state index is 0.481. The molecule has 0 spiro atoms. The number of aryl methyl sites for hydroxylation is 1. The maximum atomic E-state index is 3.58. The molecular formula is C15H23N. The molecule has 0 aromatic heterocycles. The van der Waals surface area contributed by atoms with E-state index in [1.54, 1.807) is 0 Å². The zero-order chi connectivity index (χ0) is 11.6. The van der Waals surface area contributed by atoms with E-state index in [-0.39, 0.29) is 0 Å². The van der Waals surface area contributed by atoms with E-state index in [0.29, 0.717) is 11.3 Å². The molecule has 1 saturated heterocycles. The Bertz CT molecular complexity index is 335. The lowest BCUT2D eigenvalue weighted by atomic mass is 9.71. The molecule has 1 aliphatic heterocycles. The second kappa shape index (κ2) is 4.58. The largest absolute Gasteiger partial charge is 0.316 e. The molecule has 0 amide bonds. The van der Waals surface area contributed by atoms with Gasteiger partial charge in [0, 0.05) is 19.0 Å². The fraction of sp³-hybridized carbons (Fsp3) is 0.600. The van der Waals surface area contributed by atoms with Crippen LogP contribution in [0.4, 0.5) is 0 Å². The van der Waals surface area contributed by atoms with Gasteiger partial charge in [-0.25, -0.2) is 0 Å². The molecule has 1 N–H and O–H groups in total. The number of nitrogens with one attached hydrogen (secondary N) is 1. The zero-order valence-corrected chi connectivity index (χ0v) is 10.7. The van der Waals surface area contributed by atoms with E-state index in [9.17, 15) is 0 Å². The molecule has 0 aliphatic carbocycles. The van der Waals surface area contributed by atoms with Gasteiger partial charge in [0.05, 0.1) is 0 Å². The van der Waals surface area contributed by atoms with Gasteiger partial charge in [-0.2, -0.15) is 0 Å². The molecule has 1 atom stereocenters. The molecule has 0 saturated carbocycles. The third kappa shape index (κ3) is 1.89. The second-order valence-electron chi connectivity index (χ2n) is 5.16. The summed E-state index contributed by atoms with van der Waals surface area (Å²) in [6.45, 7) is 9.14. The van der Waals surface area contributed by atoms with Crippen LogP contribution >= 0.6 is 0 Å². The standard InChI is InChI=1S/C15H23N/c1-4-15(5-2)11-16-10-14(15)13-8-6-12(3)7-9-13/h6-9,14,16H,4-5,10-11H2,1-3H3. The van der Waals surface area contributed by atoms with Crippen LogP contribution in [0.1, 0.15) is 43.7 Å². The Morgan fingerprint density at radius 3 is 2.38 bits per heavy atom. The van der Waals surface area contributed by atoms with Gasteiger partial charge in [-0.3, -0.25) is 0 Å². The molecular weight excluding hydrogens is 194 g/mol. The maximum absolute atomic E-state index is 3.58. The summed E-state index contributed by atoms with van der Waals surface area (Å²) in [5.41, 5.74) is 3.35. The second-order valence-corrected chi connectivity index (χ2v) is 5.16. The molecule has 1 aromatic rings. The van der Waals surface area contributed by atoms with Crippen molar-refractivity contribution in [2.45, 2.75) is 39.5 Å². The minimum absolute atomic E-state index is 0.481. The van der Waals surface area contributed by atoms with E-state index >= 15 is 0 Å². The van der Waals surface area contributed by atoms with Crippen LogP contribution < -0.4 is 5.32 Å². The Morgan fingerprint density at radius 1 is 1.19 bits per heavy atom. The lowest BCUT2D eigenvalue weighted by Crippen LogP contribution is -2.27. The van der Waals surface area contributed by atoms with Crippen LogP contribution in [0, 0.1) is 12.3 Å². The van der Waals surface area contributed by atoms with Crippen molar-refractivity contribution in [2.75, 3.05) is 13.1 Å². The van der Waals surface area contributed by atoms with Crippen molar-refractivity contribution < 1.29 is 0 Å². The van der Waals surface area contributed by atoms with Gasteiger partial charge >= 0.3 is 0 Å². The molecule has 1 nitrogen and oxygen atoms in total. The summed E-state index contributed by atoms with van der Waals surface area (Å²) >= 11 is 0. The fourth-order valence-electron chi connectivity index (χ4n) is 3.07. The summed E-state index contributed by atoms with van der Waals surface area (Å²) < 4.78 is 0. The molecule has 0 bridgehead atoms. The van der Waals surface area contributed by atoms with Crippen molar-refractivity contribution in [3.63, 3.8) is 0 Å². The highest BCUT2D eigenvalue weighted by Gasteiger charge is 2.40. The van der Waals surface area contributed by atoms with Crippen LogP contribution in [0.2, 0.25) is 0 Å². The molecule has 1 aliphatic rings. The molecule has 16 heavy (non-hydrogen) atoms. The Hall–Kier alpha value is -0.820. The Kier molecular flexibility index (Phi) is 3.34. The molecule has 1 unspecified atom stereocenters. The van der Waals surface area contributed by atoms with Crippen LogP contribution in [-0.4, -0.2) is 13.1 Å². The van der Waals surface area contributed by atoms with Gasteiger partial charge in [0.15, 0.2) is 0 Å². The van der Waals surface area contributed by atoms with Gasteiger partial charge in [0.25, 0.3) is 0 Å². The third-order valence-corrected chi connectivity index (χ3v) is 4.45. The first-order valence-corrected chi connectivity index (χ1v) is 6.49. The Morgan fingerprint density at radius 2 is 1.81 bits per heavy atom. The smallest absolute Gasteiger partial charge is 0.00318 e. The van der Waals surface area contributed by atoms with Crippen LogP contribution in [0.25, 0.3) is 0 Å². The maximum Gasteiger partial charge on any atom is 0.00318 e. The lowest BCUT2D eigenvalue weighted by Gasteiger charge is -2.33. The van der Waals surface area contributed by atoms with Crippen molar-refractivity contribution in [3.8, 4) is 0 Å². The number of hydrogen-bond acceptors (Lipinski definition) is 1. The molecule has 1 aromatic carbocycles. The Labute approximate surface area is 99.3 Å². The summed E-state index contributed by atoms with van der Waals surface area (Å²) in [5.74, 6) is 0.697. The van der Waals surface area contributed by atoms with Crippen LogP contribution in [-0.2, 0) is 0 Å². The van der Waals surface area contributed by atoms with Crippen LogP contribution in [0.3, 0.4) is 0 Å². The quantitative estimate of drug-likeness (QED) is 0.817. The molecule has 0 radical (unpaired) electrons. The van der Waals surface area contributed by atoms with Gasteiger partial charge in [-0.1, -0.05) is 43.7 Å². The van der Waals surface area contributed by atoms with Crippen LogP contribution in [0.5, 0.6) is 0 Å². The Balaban J connectivity index is 2.29. The molecule has 1 fully saturated rings. The first kappa shape index (κ1) is 11.7. The van der Waals surface area contributed by atoms with Crippen LogP contribution in [0.15, 0.2) is 24.3 Å². The van der Waals surface area contributed by atoms with E-state index in [1.165, 1.54) is 30.5 Å². The topological polar surface area (TPSA) is 12.0 Å². The van der Waals surface area contributed by atoms with Crippen molar-refractivity contribution in [1.29, 1.82) is 0 Å². The van der Waals surface area contributed by atoms with Crippen molar-refractivity contribution in [3.05, 3.63) is 35.4 Å². The summed E-state index contributed by atoms with van der Waals surface area (Å²) in [5, 5.41) is 3.58. The minimum Gasteiger partial charge on any atom is -0.316 e. The third-order valence-electron chi connectivity index (χ3n) is 4.45. The first-order valence-electron chi connectivity index (χ1n) is 6.49. The van der Waals surface area contributed by atoms with E-state index in [4.69, 9.17) is 0 Å². The number of hydrogen-bond donors (Lipinski definition) is 1. The average Bonchev–Trinajstić information content (AvgIpc) is 2.74. The van der Waals surface area contributed by atoms with E-state index in [1.807, 2.05) is 0 Å². The first-order chi connectivity index (χ1) is 7.72. The van der Waals surface area contributed by atoms with Gasteiger partial charge in [-0.15, -0.1) is 0 Å². The van der Waals surface area contributed by atoms with E-state index in [2.05, 4.69) is 50.4 Å². The summed E-state index contributed by atoms with van der Waals surface area (Å²) in [7, 11) is 0. The number of benzene rings is 1. The summed E-state index contributed by atoms with van der Waals surface area (Å²) in [6.07, 6.45) is 2.55. The fourth-order valence-corrected chi connectivity index (χ4v) is 3.07. The van der Waals surface area contributed by atoms with Gasteiger partial charge in [0.2, 0.25) is 0 Å². The highest BCUT2D eigenvalue weighted by molar-refractivity contribution is 5.28. The van der Waals surface area contributed by atoms with Crippen molar-refractivity contribution in [1.82, 2.24) is 5.32 Å². The summed E-state index contributed by atoms with van der Waals surface area (Å²) in [6, 6.07) is 9.10. The molecule has 1 heteroatoms. The summed E-state index contributed by atoms with van der Waals surface area (Å²) in [4.78, 5) is 0. The monoisotopic (exact) mass is 217 g/mol. The molecule has 1 heterocycles. The van der Waals surface area contributed by atoms with Gasteiger partial charge < -0.3 is 5.32 Å². The predicted octanol–water partition coefficient (Wildman–Crippen LogP) is 3.49. The molecule has 88 valence electrons. The van der Waals surface area contributed by atoms with E-state index in [0.717, 1.165) is 6.54 Å². The van der Waals surface area contributed by atoms with Gasteiger partial charge in [0.1, 0.15) is 0 Å². The SMILES string of the molecule is CCC1(CC)CNCC1c1ccc(C)cc1. The molecule has 2 rings (SSSR count). The highest BCUT2D eigenvalue weighted by atomic mass is 14.9. The average molecular weight is 217 g/mol. The predicted molar refractivity (Wildman–Crippen MR) is 69.8 cm³/mol. The normalized spacial score (nSPS) is 23.6. The lowest BCUT2D eigenvalue weighted by molar-refractivity contribution is 0.260. The van der Waals surface area contributed by atoms with Gasteiger partial charge in [-0.05, 0) is 30.7 Å². The zero-order valence-electron chi connectivity index (χ0n) is 10.7. The van der Waals surface area contributed by atoms with Crippen molar-refractivity contribution >= 4 is 0 Å². The highest BCUT2D eigenvalue weighted by Crippen LogP contribution is 2.44. The van der Waals surface area contributed by atoms with Crippen molar-refractivity contribution in [2.24, 2.45) is 5.41 Å².